The van der Waals surface area contributed by atoms with Gasteiger partial charge in [-0.1, -0.05) is 5.16 Å². The molecule has 2 amide bonds. The number of nitrogens with two attached hydrogens (primary N) is 1. The van der Waals surface area contributed by atoms with Crippen molar-refractivity contribution in [2.45, 2.75) is 32.2 Å². The van der Waals surface area contributed by atoms with E-state index in [2.05, 4.69) is 15.5 Å². The second-order valence-electron chi connectivity index (χ2n) is 7.90. The molecule has 2 aliphatic heterocycles. The van der Waals surface area contributed by atoms with Crippen molar-refractivity contribution in [1.29, 1.82) is 0 Å². The minimum absolute atomic E-state index is 0. The van der Waals surface area contributed by atoms with Crippen LogP contribution in [-0.2, 0) is 33.5 Å². The molecule has 12 nitrogen and oxygen atoms in total. The Balaban J connectivity index is 0.00000408. The van der Waals surface area contributed by atoms with Gasteiger partial charge in [-0.3, -0.25) is 19.3 Å². The zero-order valence-electron chi connectivity index (χ0n) is 18.7. The second kappa shape index (κ2) is 11.1. The molecular formula is C19H24ClN5O7S2. The van der Waals surface area contributed by atoms with E-state index in [1.54, 1.807) is 32.2 Å². The van der Waals surface area contributed by atoms with Gasteiger partial charge in [0.15, 0.2) is 10.8 Å². The third-order valence-corrected chi connectivity index (χ3v) is 6.35. The fraction of sp³-hybridized carbons (Fsp3) is 0.474. The number of anilines is 1. The van der Waals surface area contributed by atoms with E-state index in [1.165, 1.54) is 23.8 Å². The Bertz CT molecular complexity index is 1040. The second-order valence-corrected chi connectivity index (χ2v) is 9.94. The number of thioether (sulfide) groups is 1. The van der Waals surface area contributed by atoms with Crippen molar-refractivity contribution in [3.05, 3.63) is 22.8 Å². The summed E-state index contributed by atoms with van der Waals surface area (Å²) in [5.74, 6) is -2.09. The monoisotopic (exact) mass is 533 g/mol. The lowest BCUT2D eigenvalue weighted by molar-refractivity contribution is -0.173. The molecule has 1 aromatic heterocycles. The van der Waals surface area contributed by atoms with Gasteiger partial charge in [0.1, 0.15) is 29.9 Å². The molecule has 186 valence electrons. The predicted molar refractivity (Wildman–Crippen MR) is 127 cm³/mol. The predicted octanol–water partition coefficient (Wildman–Crippen LogP) is 0.871. The first-order valence-corrected chi connectivity index (χ1v) is 11.6. The number of nitrogens with one attached hydrogen (secondary N) is 1. The highest BCUT2D eigenvalue weighted by atomic mass is 35.5. The van der Waals surface area contributed by atoms with Crippen LogP contribution in [0, 0.1) is 5.41 Å². The highest BCUT2D eigenvalue weighted by Crippen LogP contribution is 2.37. The maximum Gasteiger partial charge on any atom is 0.357 e. The molecule has 1 aromatic rings. The summed E-state index contributed by atoms with van der Waals surface area (Å²) in [6.45, 7) is 4.44. The van der Waals surface area contributed by atoms with E-state index in [0.717, 1.165) is 11.3 Å². The SMILES string of the molecule is CON=C(C(=O)N[C@@H]1C(=O)N2C(C(=O)OCOC(=O)C(C)(C)C)=CCS[C@H]12)c1csc(N)n1.Cl. The van der Waals surface area contributed by atoms with Crippen LogP contribution in [0.3, 0.4) is 0 Å². The molecule has 2 atom stereocenters. The van der Waals surface area contributed by atoms with Crippen LogP contribution in [0.1, 0.15) is 26.5 Å². The van der Waals surface area contributed by atoms with Gasteiger partial charge in [0.2, 0.25) is 6.79 Å². The molecule has 0 saturated carbocycles. The van der Waals surface area contributed by atoms with Crippen LogP contribution in [0.25, 0.3) is 0 Å². The third-order valence-electron chi connectivity index (χ3n) is 4.50. The normalized spacial score (nSPS) is 19.6. The zero-order valence-corrected chi connectivity index (χ0v) is 21.2. The summed E-state index contributed by atoms with van der Waals surface area (Å²) < 4.78 is 9.93. The number of amides is 2. The maximum absolute atomic E-state index is 12.7. The van der Waals surface area contributed by atoms with Crippen LogP contribution in [0.15, 0.2) is 22.3 Å². The Kier molecular flexibility index (Phi) is 8.91. The molecular weight excluding hydrogens is 510 g/mol. The van der Waals surface area contributed by atoms with Gasteiger partial charge in [0.25, 0.3) is 11.8 Å². The largest absolute Gasteiger partial charge is 0.427 e. The minimum atomic E-state index is -0.893. The molecule has 0 bridgehead atoms. The summed E-state index contributed by atoms with van der Waals surface area (Å²) in [6.07, 6.45) is 1.54. The van der Waals surface area contributed by atoms with Crippen molar-refractivity contribution < 1.29 is 33.5 Å². The van der Waals surface area contributed by atoms with Crippen molar-refractivity contribution in [2.75, 3.05) is 25.4 Å². The van der Waals surface area contributed by atoms with Gasteiger partial charge in [-0.25, -0.2) is 9.78 Å². The van der Waals surface area contributed by atoms with Crippen molar-refractivity contribution in [2.24, 2.45) is 10.6 Å². The number of halogens is 1. The summed E-state index contributed by atoms with van der Waals surface area (Å²) in [5.41, 5.74) is 4.98. The fourth-order valence-electron chi connectivity index (χ4n) is 2.86. The van der Waals surface area contributed by atoms with Gasteiger partial charge in [0.05, 0.1) is 5.41 Å². The number of carbonyl (C=O) groups is 4. The molecule has 0 unspecified atom stereocenters. The summed E-state index contributed by atoms with van der Waals surface area (Å²) in [7, 11) is 1.28. The van der Waals surface area contributed by atoms with Crippen molar-refractivity contribution in [1.82, 2.24) is 15.2 Å². The van der Waals surface area contributed by atoms with Crippen molar-refractivity contribution in [3.63, 3.8) is 0 Å². The standard InChI is InChI=1S/C19H23N5O7S2.ClH/c1-19(2,3)17(28)31-8-30-16(27)10-5-6-32-15-12(14(26)24(10)15)22-13(25)11(23-29-4)9-7-33-18(20)21-9;/h5,7,12,15H,6,8H2,1-4H3,(H2,20,21)(H,22,25);1H/t12-,15-;/m1./s1. The van der Waals surface area contributed by atoms with Gasteiger partial charge in [-0.05, 0) is 26.8 Å². The van der Waals surface area contributed by atoms with E-state index >= 15 is 0 Å². The molecule has 2 aliphatic rings. The number of carbonyl (C=O) groups excluding carboxylic acids is 4. The van der Waals surface area contributed by atoms with Crippen molar-refractivity contribution >= 4 is 70.1 Å². The average Bonchev–Trinajstić information content (AvgIpc) is 3.19. The van der Waals surface area contributed by atoms with Gasteiger partial charge >= 0.3 is 11.9 Å². The van der Waals surface area contributed by atoms with Gasteiger partial charge in [-0.2, -0.15) is 0 Å². The Morgan fingerprint density at radius 1 is 1.32 bits per heavy atom. The van der Waals surface area contributed by atoms with Crippen LogP contribution >= 0.6 is 35.5 Å². The molecule has 15 heteroatoms. The third kappa shape index (κ3) is 5.80. The Hall–Kier alpha value is -2.84. The fourth-order valence-corrected chi connectivity index (χ4v) is 4.60. The van der Waals surface area contributed by atoms with E-state index in [4.69, 9.17) is 20.0 Å². The summed E-state index contributed by atoms with van der Waals surface area (Å²) in [6, 6.07) is -0.893. The molecule has 1 fully saturated rings. The number of esters is 2. The number of hydrogen-bond donors (Lipinski definition) is 2. The number of ether oxygens (including phenoxy) is 2. The molecule has 34 heavy (non-hydrogen) atoms. The molecule has 0 spiro atoms. The van der Waals surface area contributed by atoms with E-state index in [-0.39, 0.29) is 34.6 Å². The maximum atomic E-state index is 12.7. The summed E-state index contributed by atoms with van der Waals surface area (Å²) in [4.78, 5) is 59.7. The Labute approximate surface area is 209 Å². The van der Waals surface area contributed by atoms with E-state index < -0.39 is 47.4 Å². The van der Waals surface area contributed by atoms with Crippen LogP contribution < -0.4 is 11.1 Å². The molecule has 3 N–H and O–H groups in total. The molecule has 1 saturated heterocycles. The smallest absolute Gasteiger partial charge is 0.357 e. The van der Waals surface area contributed by atoms with Crippen LogP contribution in [0.4, 0.5) is 5.13 Å². The summed E-state index contributed by atoms with van der Waals surface area (Å²) >= 11 is 2.49. The number of hydrogen-bond acceptors (Lipinski definition) is 12. The number of oxime groups is 1. The molecule has 0 aromatic carbocycles. The Morgan fingerprint density at radius 3 is 2.62 bits per heavy atom. The highest BCUT2D eigenvalue weighted by Gasteiger charge is 2.53. The number of aromatic nitrogens is 1. The average molecular weight is 534 g/mol. The molecule has 3 rings (SSSR count). The molecule has 0 aliphatic carbocycles. The first kappa shape index (κ1) is 27.4. The van der Waals surface area contributed by atoms with Crippen LogP contribution in [0.2, 0.25) is 0 Å². The molecule has 0 radical (unpaired) electrons. The Morgan fingerprint density at radius 2 is 2.03 bits per heavy atom. The van der Waals surface area contributed by atoms with E-state index in [1.807, 2.05) is 0 Å². The lowest BCUT2D eigenvalue weighted by Gasteiger charge is -2.48. The van der Waals surface area contributed by atoms with Gasteiger partial charge in [-0.15, -0.1) is 35.5 Å². The minimum Gasteiger partial charge on any atom is -0.427 e. The number of nitrogens with zero attached hydrogens (tertiary/aromatic N) is 3. The van der Waals surface area contributed by atoms with E-state index in [9.17, 15) is 19.2 Å². The lowest BCUT2D eigenvalue weighted by Crippen LogP contribution is -2.70. The number of thiazole rings is 1. The summed E-state index contributed by atoms with van der Waals surface area (Å²) in [5, 5.41) is 7.57. The van der Waals surface area contributed by atoms with Crippen LogP contribution in [0.5, 0.6) is 0 Å². The van der Waals surface area contributed by atoms with Crippen LogP contribution in [-0.4, -0.2) is 70.4 Å². The number of fused-ring (bicyclic) bond motifs is 1. The highest BCUT2D eigenvalue weighted by molar-refractivity contribution is 8.00. The number of nitrogen functional groups attached to an aromatic ring is 1. The molecule has 3 heterocycles. The quantitative estimate of drug-likeness (QED) is 0.169. The lowest BCUT2D eigenvalue weighted by atomic mass is 9.98. The first-order chi connectivity index (χ1) is 15.5. The van der Waals surface area contributed by atoms with Gasteiger partial charge < -0.3 is 25.4 Å². The first-order valence-electron chi connectivity index (χ1n) is 9.67. The zero-order chi connectivity index (χ0) is 24.3. The van der Waals surface area contributed by atoms with E-state index in [0.29, 0.717) is 5.75 Å². The van der Waals surface area contributed by atoms with Crippen molar-refractivity contribution in [3.8, 4) is 0 Å². The van der Waals surface area contributed by atoms with Gasteiger partial charge in [0, 0.05) is 11.1 Å². The number of β-lactam (4-membered cyclic amide) rings is 1. The number of rotatable bonds is 7. The topological polar surface area (TPSA) is 163 Å².